The Bertz CT molecular complexity index is 2420. The van der Waals surface area contributed by atoms with Crippen molar-refractivity contribution in [2.75, 3.05) is 0 Å². The summed E-state index contributed by atoms with van der Waals surface area (Å²) in [6.45, 7) is 0. The second-order valence-electron chi connectivity index (χ2n) is 11.0. The molecular weight excluding hydrogens is 559 g/mol. The number of nitrogens with one attached hydrogen (secondary N) is 1. The van der Waals surface area contributed by atoms with Crippen LogP contribution >= 0.6 is 11.3 Å². The van der Waals surface area contributed by atoms with E-state index in [4.69, 9.17) is 14.4 Å². The zero-order chi connectivity index (χ0) is 29.0. The normalized spacial score (nSPS) is 15.0. The summed E-state index contributed by atoms with van der Waals surface area (Å²) >= 11 is 1.84. The van der Waals surface area contributed by atoms with Gasteiger partial charge in [-0.1, -0.05) is 109 Å². The van der Waals surface area contributed by atoms with Crippen molar-refractivity contribution in [2.45, 2.75) is 6.17 Å². The van der Waals surface area contributed by atoms with Gasteiger partial charge in [-0.3, -0.25) is 0 Å². The van der Waals surface area contributed by atoms with Gasteiger partial charge in [-0.15, -0.1) is 11.3 Å². The average Bonchev–Trinajstić information content (AvgIpc) is 3.67. The summed E-state index contributed by atoms with van der Waals surface area (Å²) in [7, 11) is 0. The van der Waals surface area contributed by atoms with Crippen LogP contribution in [0.4, 0.5) is 0 Å². The quantitative estimate of drug-likeness (QED) is 0.224. The molecule has 0 saturated carbocycles. The second-order valence-corrected chi connectivity index (χ2v) is 12.1. The maximum absolute atomic E-state index is 6.58. The smallest absolute Gasteiger partial charge is 0.163 e. The number of nitrogens with zero attached hydrogens (tertiary/aromatic N) is 2. The van der Waals surface area contributed by atoms with E-state index in [1.54, 1.807) is 0 Å². The fraction of sp³-hybridized carbons (Fsp3) is 0.0256. The first-order chi connectivity index (χ1) is 21.8. The van der Waals surface area contributed by atoms with Crippen molar-refractivity contribution >= 4 is 65.1 Å². The molecule has 4 nitrogen and oxygen atoms in total. The molecule has 9 rings (SSSR count). The molecule has 1 aliphatic rings. The van der Waals surface area contributed by atoms with E-state index in [1.165, 1.54) is 31.3 Å². The number of aliphatic imine (C=N–C) groups is 2. The van der Waals surface area contributed by atoms with Crippen molar-refractivity contribution in [3.05, 3.63) is 156 Å². The molecule has 8 aromatic rings. The molecule has 0 fully saturated rings. The van der Waals surface area contributed by atoms with Crippen molar-refractivity contribution in [1.82, 2.24) is 5.32 Å². The van der Waals surface area contributed by atoms with Crippen LogP contribution in [0.15, 0.2) is 154 Å². The Morgan fingerprint density at radius 1 is 0.591 bits per heavy atom. The van der Waals surface area contributed by atoms with Gasteiger partial charge in [-0.25, -0.2) is 9.98 Å². The van der Waals surface area contributed by atoms with Crippen LogP contribution in [0.25, 0.3) is 53.2 Å². The fourth-order valence-electron chi connectivity index (χ4n) is 6.28. The van der Waals surface area contributed by atoms with Crippen molar-refractivity contribution in [3.63, 3.8) is 0 Å². The molecule has 1 unspecified atom stereocenters. The summed E-state index contributed by atoms with van der Waals surface area (Å²) < 4.78 is 9.19. The van der Waals surface area contributed by atoms with Gasteiger partial charge in [0.2, 0.25) is 0 Å². The van der Waals surface area contributed by atoms with E-state index in [-0.39, 0.29) is 6.17 Å². The summed E-state index contributed by atoms with van der Waals surface area (Å²) in [5.74, 6) is 1.44. The molecule has 0 bridgehead atoms. The van der Waals surface area contributed by atoms with Crippen LogP contribution in [-0.2, 0) is 0 Å². The monoisotopic (exact) mass is 583 g/mol. The predicted molar refractivity (Wildman–Crippen MR) is 184 cm³/mol. The Balaban J connectivity index is 1.22. The lowest BCUT2D eigenvalue weighted by molar-refractivity contribution is 0.663. The molecule has 5 heteroatoms. The van der Waals surface area contributed by atoms with Crippen LogP contribution in [0.2, 0.25) is 0 Å². The summed E-state index contributed by atoms with van der Waals surface area (Å²) in [6, 6.07) is 48.5. The van der Waals surface area contributed by atoms with Crippen LogP contribution in [0.3, 0.4) is 0 Å². The molecule has 6 aromatic carbocycles. The molecule has 3 heterocycles. The van der Waals surface area contributed by atoms with Crippen LogP contribution in [0.5, 0.6) is 0 Å². The van der Waals surface area contributed by atoms with E-state index in [0.29, 0.717) is 5.84 Å². The van der Waals surface area contributed by atoms with E-state index < -0.39 is 0 Å². The zero-order valence-electron chi connectivity index (χ0n) is 23.6. The van der Waals surface area contributed by atoms with Crippen LogP contribution in [0.1, 0.15) is 22.9 Å². The van der Waals surface area contributed by atoms with Crippen LogP contribution in [-0.4, -0.2) is 11.7 Å². The summed E-state index contributed by atoms with van der Waals surface area (Å²) in [5, 5.41) is 8.28. The Hall–Kier alpha value is -5.52. The highest BCUT2D eigenvalue weighted by atomic mass is 32.1. The first kappa shape index (κ1) is 25.0. The molecule has 0 amide bonds. The largest absolute Gasteiger partial charge is 0.455 e. The minimum Gasteiger partial charge on any atom is -0.455 e. The van der Waals surface area contributed by atoms with Gasteiger partial charge in [0.1, 0.15) is 23.2 Å². The molecular formula is C39H25N3OS. The van der Waals surface area contributed by atoms with E-state index in [1.807, 2.05) is 47.7 Å². The third kappa shape index (κ3) is 4.05. The molecule has 0 spiro atoms. The molecule has 0 saturated heterocycles. The number of furan rings is 1. The van der Waals surface area contributed by atoms with Gasteiger partial charge in [0.05, 0.1) is 5.56 Å². The molecule has 1 atom stereocenters. The third-order valence-corrected chi connectivity index (χ3v) is 9.49. The number of rotatable bonds is 4. The lowest BCUT2D eigenvalue weighted by Crippen LogP contribution is -2.33. The molecule has 0 radical (unpaired) electrons. The maximum atomic E-state index is 6.58. The van der Waals surface area contributed by atoms with E-state index >= 15 is 0 Å². The number of amidine groups is 2. The number of para-hydroxylation sites is 1. The Kier molecular flexibility index (Phi) is 5.71. The van der Waals surface area contributed by atoms with Gasteiger partial charge in [0, 0.05) is 36.5 Å². The SMILES string of the molecule is c1ccc(C2=NC(c3cccc4c3oc3ccc(-c5cccc6sc7ccccc7c56)cc34)=NC(c3ccccc3)N2)cc1. The van der Waals surface area contributed by atoms with Gasteiger partial charge in [0.15, 0.2) is 5.84 Å². The number of hydrogen-bond acceptors (Lipinski definition) is 5. The van der Waals surface area contributed by atoms with Crippen molar-refractivity contribution < 1.29 is 4.42 Å². The Morgan fingerprint density at radius 3 is 2.20 bits per heavy atom. The summed E-state index contributed by atoms with van der Waals surface area (Å²) in [5.41, 5.74) is 7.01. The van der Waals surface area contributed by atoms with Crippen molar-refractivity contribution in [2.24, 2.45) is 9.98 Å². The van der Waals surface area contributed by atoms with E-state index in [0.717, 1.165) is 44.5 Å². The Morgan fingerprint density at radius 2 is 1.32 bits per heavy atom. The van der Waals surface area contributed by atoms with Gasteiger partial charge >= 0.3 is 0 Å². The minimum atomic E-state index is -0.272. The molecule has 2 aromatic heterocycles. The highest BCUT2D eigenvalue weighted by molar-refractivity contribution is 7.25. The third-order valence-electron chi connectivity index (χ3n) is 8.36. The van der Waals surface area contributed by atoms with E-state index in [9.17, 15) is 0 Å². The second kappa shape index (κ2) is 10.0. The van der Waals surface area contributed by atoms with Crippen molar-refractivity contribution in [1.29, 1.82) is 0 Å². The standard InChI is InChI=1S/C39H25N3OS/c1-3-11-24(12-4-1)37-40-38(25-13-5-2-6-14-25)42-39(41-37)30-18-9-17-28-31-23-26(21-22-32(31)43-36(28)30)27-16-10-20-34-35(27)29-15-7-8-19-33(29)44-34/h1-23,37H,(H,40,41,42). The minimum absolute atomic E-state index is 0.272. The van der Waals surface area contributed by atoms with Gasteiger partial charge < -0.3 is 9.73 Å². The number of fused-ring (bicyclic) bond motifs is 6. The first-order valence-electron chi connectivity index (χ1n) is 14.7. The molecule has 1 N–H and O–H groups in total. The lowest BCUT2D eigenvalue weighted by atomic mass is 9.97. The fourth-order valence-corrected chi connectivity index (χ4v) is 7.41. The first-order valence-corrected chi connectivity index (χ1v) is 15.5. The molecule has 0 aliphatic carbocycles. The topological polar surface area (TPSA) is 49.9 Å². The van der Waals surface area contributed by atoms with Gasteiger partial charge in [-0.05, 0) is 47.0 Å². The predicted octanol–water partition coefficient (Wildman–Crippen LogP) is 10.1. The average molecular weight is 584 g/mol. The molecule has 44 heavy (non-hydrogen) atoms. The number of hydrogen-bond donors (Lipinski definition) is 1. The highest BCUT2D eigenvalue weighted by Gasteiger charge is 2.23. The lowest BCUT2D eigenvalue weighted by Gasteiger charge is -2.23. The zero-order valence-corrected chi connectivity index (χ0v) is 24.4. The van der Waals surface area contributed by atoms with Crippen LogP contribution < -0.4 is 5.32 Å². The van der Waals surface area contributed by atoms with Crippen LogP contribution in [0, 0.1) is 0 Å². The Labute approximate surface area is 257 Å². The summed E-state index contributed by atoms with van der Waals surface area (Å²) in [6.07, 6.45) is -0.272. The van der Waals surface area contributed by atoms with Crippen molar-refractivity contribution in [3.8, 4) is 11.1 Å². The van der Waals surface area contributed by atoms with Gasteiger partial charge in [-0.2, -0.15) is 0 Å². The maximum Gasteiger partial charge on any atom is 0.163 e. The number of benzene rings is 6. The number of thiophene rings is 1. The van der Waals surface area contributed by atoms with E-state index in [2.05, 4.69) is 108 Å². The summed E-state index contributed by atoms with van der Waals surface area (Å²) in [4.78, 5) is 10.1. The molecule has 1 aliphatic heterocycles. The molecule has 208 valence electrons. The van der Waals surface area contributed by atoms with Gasteiger partial charge in [0.25, 0.3) is 0 Å². The highest BCUT2D eigenvalue weighted by Crippen LogP contribution is 2.41.